The zero-order valence-corrected chi connectivity index (χ0v) is 11.8. The van der Waals surface area contributed by atoms with Gasteiger partial charge in [0.2, 0.25) is 5.91 Å². The molecule has 5 heteroatoms. The van der Waals surface area contributed by atoms with Gasteiger partial charge in [-0.25, -0.2) is 0 Å². The molecule has 0 radical (unpaired) electrons. The van der Waals surface area contributed by atoms with Crippen molar-refractivity contribution in [3.8, 4) is 5.75 Å². The summed E-state index contributed by atoms with van der Waals surface area (Å²) in [6, 6.07) is 5.62. The fourth-order valence-corrected chi connectivity index (χ4v) is 2.39. The lowest BCUT2D eigenvalue weighted by atomic mass is 10.1. The van der Waals surface area contributed by atoms with Gasteiger partial charge in [0.25, 0.3) is 0 Å². The molecule has 4 nitrogen and oxygen atoms in total. The van der Waals surface area contributed by atoms with E-state index < -0.39 is 0 Å². The third kappa shape index (κ3) is 4.03. The van der Waals surface area contributed by atoms with Crippen LogP contribution in [0.25, 0.3) is 0 Å². The highest BCUT2D eigenvalue weighted by atomic mass is 35.5. The fraction of sp³-hybridized carbons (Fsp3) is 0.500. The molecule has 1 fully saturated rings. The smallest absolute Gasteiger partial charge is 0.222 e. The number of hydrogen-bond donors (Lipinski definition) is 2. The summed E-state index contributed by atoms with van der Waals surface area (Å²) < 4.78 is 5.57. The van der Waals surface area contributed by atoms with E-state index in [1.165, 1.54) is 0 Å². The van der Waals surface area contributed by atoms with E-state index in [1.54, 1.807) is 6.07 Å². The van der Waals surface area contributed by atoms with Crippen LogP contribution in [0.3, 0.4) is 0 Å². The van der Waals surface area contributed by atoms with Gasteiger partial charge in [0.05, 0.1) is 12.3 Å². The Morgan fingerprint density at radius 1 is 1.53 bits per heavy atom. The minimum atomic E-state index is 0.0926. The highest BCUT2D eigenvalue weighted by Gasteiger charge is 2.18. The van der Waals surface area contributed by atoms with Gasteiger partial charge in [0.1, 0.15) is 5.75 Å². The standard InChI is InChI=1S/C14H19ClN2O2/c1-2-19-13-6-5-10(15)8-12(13)17-11-4-3-7-16-14(18)9-11/h5-6,8,11,17H,2-4,7,9H2,1H3,(H,16,18). The number of ether oxygens (including phenoxy) is 1. The molecule has 19 heavy (non-hydrogen) atoms. The molecular weight excluding hydrogens is 264 g/mol. The second-order valence-corrected chi connectivity index (χ2v) is 5.05. The van der Waals surface area contributed by atoms with Gasteiger partial charge in [-0.1, -0.05) is 11.6 Å². The first-order valence-corrected chi connectivity index (χ1v) is 7.02. The fourth-order valence-electron chi connectivity index (χ4n) is 2.21. The summed E-state index contributed by atoms with van der Waals surface area (Å²) >= 11 is 6.02. The van der Waals surface area contributed by atoms with Gasteiger partial charge < -0.3 is 15.4 Å². The van der Waals surface area contributed by atoms with Crippen molar-refractivity contribution in [3.63, 3.8) is 0 Å². The van der Waals surface area contributed by atoms with Crippen LogP contribution in [0.1, 0.15) is 26.2 Å². The molecule has 1 aliphatic rings. The molecule has 2 rings (SSSR count). The Labute approximate surface area is 118 Å². The summed E-state index contributed by atoms with van der Waals surface area (Å²) in [5.74, 6) is 0.867. The number of carbonyl (C=O) groups is 1. The molecule has 2 N–H and O–H groups in total. The van der Waals surface area contributed by atoms with Crippen LogP contribution in [0, 0.1) is 0 Å². The number of rotatable bonds is 4. The van der Waals surface area contributed by atoms with Crippen molar-refractivity contribution >= 4 is 23.2 Å². The van der Waals surface area contributed by atoms with Gasteiger partial charge in [-0.2, -0.15) is 0 Å². The van der Waals surface area contributed by atoms with E-state index in [0.717, 1.165) is 30.8 Å². The van der Waals surface area contributed by atoms with Crippen molar-refractivity contribution in [3.05, 3.63) is 23.2 Å². The van der Waals surface area contributed by atoms with Gasteiger partial charge in [-0.15, -0.1) is 0 Å². The normalized spacial score (nSPS) is 19.5. The van der Waals surface area contributed by atoms with Crippen LogP contribution in [-0.2, 0) is 4.79 Å². The van der Waals surface area contributed by atoms with Crippen molar-refractivity contribution in [1.29, 1.82) is 0 Å². The second kappa shape index (κ2) is 6.66. The van der Waals surface area contributed by atoms with Crippen LogP contribution in [0.5, 0.6) is 5.75 Å². The number of carbonyl (C=O) groups excluding carboxylic acids is 1. The summed E-state index contributed by atoms with van der Waals surface area (Å²) in [5, 5.41) is 6.91. The first kappa shape index (κ1) is 14.0. The molecule has 1 aliphatic heterocycles. The van der Waals surface area contributed by atoms with Gasteiger partial charge in [0, 0.05) is 24.0 Å². The molecule has 1 aromatic rings. The third-order valence-corrected chi connectivity index (χ3v) is 3.32. The van der Waals surface area contributed by atoms with E-state index in [4.69, 9.17) is 16.3 Å². The van der Waals surface area contributed by atoms with E-state index >= 15 is 0 Å². The second-order valence-electron chi connectivity index (χ2n) is 4.61. The van der Waals surface area contributed by atoms with Crippen molar-refractivity contribution in [2.45, 2.75) is 32.2 Å². The molecule has 1 aromatic carbocycles. The number of hydrogen-bond acceptors (Lipinski definition) is 3. The summed E-state index contributed by atoms with van der Waals surface area (Å²) in [6.07, 6.45) is 2.42. The summed E-state index contributed by atoms with van der Waals surface area (Å²) in [6.45, 7) is 3.30. The Morgan fingerprint density at radius 2 is 2.37 bits per heavy atom. The Kier molecular flexibility index (Phi) is 4.91. The predicted octanol–water partition coefficient (Wildman–Crippen LogP) is 2.82. The maximum Gasteiger partial charge on any atom is 0.222 e. The lowest BCUT2D eigenvalue weighted by molar-refractivity contribution is -0.120. The monoisotopic (exact) mass is 282 g/mol. The summed E-state index contributed by atoms with van der Waals surface area (Å²) in [7, 11) is 0. The molecule has 0 aliphatic carbocycles. The molecule has 0 spiro atoms. The lowest BCUT2D eigenvalue weighted by Gasteiger charge is -2.19. The highest BCUT2D eigenvalue weighted by Crippen LogP contribution is 2.29. The first-order chi connectivity index (χ1) is 9.19. The quantitative estimate of drug-likeness (QED) is 0.893. The van der Waals surface area contributed by atoms with Crippen LogP contribution >= 0.6 is 11.6 Å². The summed E-state index contributed by atoms with van der Waals surface area (Å²) in [4.78, 5) is 11.6. The van der Waals surface area contributed by atoms with Crippen molar-refractivity contribution < 1.29 is 9.53 Å². The number of amides is 1. The molecule has 1 atom stereocenters. The van der Waals surface area contributed by atoms with Crippen LogP contribution in [0.15, 0.2) is 18.2 Å². The van der Waals surface area contributed by atoms with E-state index in [2.05, 4.69) is 10.6 Å². The van der Waals surface area contributed by atoms with E-state index in [9.17, 15) is 4.79 Å². The average molecular weight is 283 g/mol. The molecule has 0 saturated carbocycles. The van der Waals surface area contributed by atoms with Gasteiger partial charge in [0.15, 0.2) is 0 Å². The van der Waals surface area contributed by atoms with Crippen molar-refractivity contribution in [1.82, 2.24) is 5.32 Å². The highest BCUT2D eigenvalue weighted by molar-refractivity contribution is 6.30. The Morgan fingerprint density at radius 3 is 3.16 bits per heavy atom. The largest absolute Gasteiger partial charge is 0.492 e. The van der Waals surface area contributed by atoms with Crippen LogP contribution in [0.4, 0.5) is 5.69 Å². The topological polar surface area (TPSA) is 50.4 Å². The first-order valence-electron chi connectivity index (χ1n) is 6.64. The molecule has 1 heterocycles. The Bertz CT molecular complexity index is 451. The Hall–Kier alpha value is -1.42. The van der Waals surface area contributed by atoms with E-state index in [0.29, 0.717) is 18.1 Å². The molecule has 0 aromatic heterocycles. The zero-order valence-electron chi connectivity index (χ0n) is 11.0. The molecule has 104 valence electrons. The number of nitrogens with one attached hydrogen (secondary N) is 2. The predicted molar refractivity (Wildman–Crippen MR) is 76.9 cm³/mol. The SMILES string of the molecule is CCOc1ccc(Cl)cc1NC1CCCNC(=O)C1. The molecule has 1 amide bonds. The lowest BCUT2D eigenvalue weighted by Crippen LogP contribution is -2.27. The third-order valence-electron chi connectivity index (χ3n) is 3.08. The minimum absolute atomic E-state index is 0.0926. The Balaban J connectivity index is 2.12. The molecular formula is C14H19ClN2O2. The minimum Gasteiger partial charge on any atom is -0.492 e. The molecule has 1 saturated heterocycles. The molecule has 1 unspecified atom stereocenters. The van der Waals surface area contributed by atoms with Crippen LogP contribution < -0.4 is 15.4 Å². The average Bonchev–Trinajstić information content (AvgIpc) is 2.57. The molecule has 0 bridgehead atoms. The summed E-state index contributed by atoms with van der Waals surface area (Å²) in [5.41, 5.74) is 0.856. The van der Waals surface area contributed by atoms with Crippen LogP contribution in [0.2, 0.25) is 5.02 Å². The zero-order chi connectivity index (χ0) is 13.7. The number of anilines is 1. The maximum atomic E-state index is 11.6. The number of benzene rings is 1. The van der Waals surface area contributed by atoms with Crippen LogP contribution in [-0.4, -0.2) is 25.1 Å². The van der Waals surface area contributed by atoms with Crippen molar-refractivity contribution in [2.24, 2.45) is 0 Å². The van der Waals surface area contributed by atoms with Gasteiger partial charge >= 0.3 is 0 Å². The van der Waals surface area contributed by atoms with E-state index in [-0.39, 0.29) is 11.9 Å². The van der Waals surface area contributed by atoms with E-state index in [1.807, 2.05) is 19.1 Å². The van der Waals surface area contributed by atoms with Gasteiger partial charge in [-0.05, 0) is 38.0 Å². The maximum absolute atomic E-state index is 11.6. The van der Waals surface area contributed by atoms with Crippen molar-refractivity contribution in [2.75, 3.05) is 18.5 Å². The van der Waals surface area contributed by atoms with Gasteiger partial charge in [-0.3, -0.25) is 4.79 Å². The number of halogens is 1.